The molecule has 2 heterocycles. The zero-order valence-electron chi connectivity index (χ0n) is 20.3. The van der Waals surface area contributed by atoms with Gasteiger partial charge in [-0.3, -0.25) is 9.69 Å². The maximum absolute atomic E-state index is 12.9. The van der Waals surface area contributed by atoms with E-state index in [-0.39, 0.29) is 17.2 Å². The van der Waals surface area contributed by atoms with Crippen LogP contribution in [0.25, 0.3) is 11.1 Å². The van der Waals surface area contributed by atoms with E-state index in [4.69, 9.17) is 0 Å². The molecular weight excluding hydrogens is 532 g/mol. The first-order valence-corrected chi connectivity index (χ1v) is 11.7. The predicted molar refractivity (Wildman–Crippen MR) is 128 cm³/mol. The average molecular weight is 555 g/mol. The number of phenolic OH excluding ortho intramolecular Hbond substituents is 1. The third-order valence-electron chi connectivity index (χ3n) is 5.81. The number of anilines is 1. The van der Waals surface area contributed by atoms with Crippen LogP contribution < -0.4 is 15.0 Å². The highest BCUT2D eigenvalue weighted by Gasteiger charge is 2.32. The maximum atomic E-state index is 12.9. The molecule has 208 valence electrons. The SMILES string of the molecule is O=C(NCC(F)(F)F)c1ccc(N2CCN(Cc3cc(OC(F)(F)F)cc(-c4cccc(O)c4)c3)CC2)nn1. The van der Waals surface area contributed by atoms with Crippen LogP contribution in [0, 0.1) is 0 Å². The highest BCUT2D eigenvalue weighted by atomic mass is 19.4. The third-order valence-corrected chi connectivity index (χ3v) is 5.81. The number of piperazine rings is 1. The summed E-state index contributed by atoms with van der Waals surface area (Å²) in [5, 5.41) is 19.2. The van der Waals surface area contributed by atoms with Crippen molar-refractivity contribution in [2.45, 2.75) is 19.1 Å². The zero-order chi connectivity index (χ0) is 28.2. The summed E-state index contributed by atoms with van der Waals surface area (Å²) in [7, 11) is 0. The number of nitrogens with one attached hydrogen (secondary N) is 1. The van der Waals surface area contributed by atoms with Gasteiger partial charge in [0.05, 0.1) is 0 Å². The Kier molecular flexibility index (Phi) is 8.14. The highest BCUT2D eigenvalue weighted by Crippen LogP contribution is 2.32. The van der Waals surface area contributed by atoms with Crippen molar-refractivity contribution in [1.82, 2.24) is 20.4 Å². The Morgan fingerprint density at radius 1 is 0.923 bits per heavy atom. The number of carbonyl (C=O) groups excluding carboxylic acids is 1. The Balaban J connectivity index is 1.40. The van der Waals surface area contributed by atoms with Crippen LogP contribution in [0.15, 0.2) is 54.6 Å². The van der Waals surface area contributed by atoms with Gasteiger partial charge in [0, 0.05) is 32.7 Å². The molecule has 0 atom stereocenters. The lowest BCUT2D eigenvalue weighted by Crippen LogP contribution is -2.46. The molecule has 0 spiro atoms. The topological polar surface area (TPSA) is 90.8 Å². The molecule has 2 N–H and O–H groups in total. The summed E-state index contributed by atoms with van der Waals surface area (Å²) in [6.45, 7) is 0.901. The van der Waals surface area contributed by atoms with Crippen molar-refractivity contribution >= 4 is 11.7 Å². The van der Waals surface area contributed by atoms with Crippen LogP contribution in [0.5, 0.6) is 11.5 Å². The van der Waals surface area contributed by atoms with Gasteiger partial charge in [-0.05, 0) is 59.2 Å². The van der Waals surface area contributed by atoms with E-state index in [1.165, 1.54) is 36.4 Å². The van der Waals surface area contributed by atoms with E-state index in [1.54, 1.807) is 23.5 Å². The molecule has 0 radical (unpaired) electrons. The van der Waals surface area contributed by atoms with Crippen LogP contribution in [0.3, 0.4) is 0 Å². The van der Waals surface area contributed by atoms with E-state index in [0.29, 0.717) is 55.2 Å². The second-order valence-electron chi connectivity index (χ2n) is 8.80. The second kappa shape index (κ2) is 11.4. The van der Waals surface area contributed by atoms with Crippen LogP contribution >= 0.6 is 0 Å². The number of phenols is 1. The lowest BCUT2D eigenvalue weighted by atomic mass is 10.0. The average Bonchev–Trinajstić information content (AvgIpc) is 2.86. The Labute approximate surface area is 218 Å². The molecule has 0 saturated carbocycles. The number of ether oxygens (including phenoxy) is 1. The second-order valence-corrected chi connectivity index (χ2v) is 8.80. The van der Waals surface area contributed by atoms with Crippen molar-refractivity contribution in [2.24, 2.45) is 0 Å². The minimum absolute atomic E-state index is 0.0228. The van der Waals surface area contributed by atoms with Gasteiger partial charge < -0.3 is 20.1 Å². The molecule has 3 aromatic rings. The van der Waals surface area contributed by atoms with Gasteiger partial charge in [-0.25, -0.2) is 0 Å². The fourth-order valence-electron chi connectivity index (χ4n) is 4.08. The first-order valence-electron chi connectivity index (χ1n) is 11.7. The number of amides is 1. The normalized spacial score (nSPS) is 14.8. The lowest BCUT2D eigenvalue weighted by molar-refractivity contribution is -0.274. The first-order chi connectivity index (χ1) is 18.3. The summed E-state index contributed by atoms with van der Waals surface area (Å²) in [5.74, 6) is -0.941. The summed E-state index contributed by atoms with van der Waals surface area (Å²) >= 11 is 0. The van der Waals surface area contributed by atoms with E-state index >= 15 is 0 Å². The Morgan fingerprint density at radius 2 is 1.67 bits per heavy atom. The standard InChI is InChI=1S/C25H23F6N5O3/c26-24(27,28)15-32-23(38)21-4-5-22(34-33-21)36-8-6-35(7-9-36)14-16-10-18(17-2-1-3-19(37)12-17)13-20(11-16)39-25(29,30)31/h1-5,10-13,37H,6-9,14-15H2,(H,32,38). The van der Waals surface area contributed by atoms with Crippen LogP contribution in [-0.4, -0.2) is 71.4 Å². The highest BCUT2D eigenvalue weighted by molar-refractivity contribution is 5.92. The summed E-state index contributed by atoms with van der Waals surface area (Å²) in [6, 6.07) is 13.3. The van der Waals surface area contributed by atoms with Crippen molar-refractivity contribution in [3.05, 3.63) is 65.9 Å². The molecule has 0 bridgehead atoms. The fourth-order valence-corrected chi connectivity index (χ4v) is 4.08. The number of rotatable bonds is 7. The van der Waals surface area contributed by atoms with Crippen molar-refractivity contribution in [2.75, 3.05) is 37.6 Å². The van der Waals surface area contributed by atoms with Crippen molar-refractivity contribution in [1.29, 1.82) is 0 Å². The van der Waals surface area contributed by atoms with Gasteiger partial charge in [-0.15, -0.1) is 23.4 Å². The molecule has 14 heteroatoms. The van der Waals surface area contributed by atoms with Crippen molar-refractivity contribution in [3.8, 4) is 22.6 Å². The van der Waals surface area contributed by atoms with E-state index in [2.05, 4.69) is 14.9 Å². The summed E-state index contributed by atoms with van der Waals surface area (Å²) in [5.41, 5.74) is 1.32. The molecule has 2 aromatic carbocycles. The molecule has 1 aliphatic heterocycles. The van der Waals surface area contributed by atoms with Gasteiger partial charge >= 0.3 is 12.5 Å². The van der Waals surface area contributed by atoms with Crippen molar-refractivity contribution in [3.63, 3.8) is 0 Å². The third kappa shape index (κ3) is 8.21. The lowest BCUT2D eigenvalue weighted by Gasteiger charge is -2.35. The molecule has 39 heavy (non-hydrogen) atoms. The number of benzene rings is 2. The van der Waals surface area contributed by atoms with Gasteiger partial charge in [-0.2, -0.15) is 13.2 Å². The molecule has 1 amide bonds. The van der Waals surface area contributed by atoms with Crippen molar-refractivity contribution < 1.29 is 41.0 Å². The number of alkyl halides is 6. The van der Waals surface area contributed by atoms with E-state index in [0.717, 1.165) is 0 Å². The summed E-state index contributed by atoms with van der Waals surface area (Å²) < 4.78 is 79.8. The smallest absolute Gasteiger partial charge is 0.508 e. The molecule has 1 fully saturated rings. The van der Waals surface area contributed by atoms with Gasteiger partial charge in [0.15, 0.2) is 11.5 Å². The maximum Gasteiger partial charge on any atom is 0.573 e. The monoisotopic (exact) mass is 555 g/mol. The number of hydrogen-bond donors (Lipinski definition) is 2. The van der Waals surface area contributed by atoms with Gasteiger partial charge in [0.2, 0.25) is 0 Å². The van der Waals surface area contributed by atoms with E-state index in [1.807, 2.05) is 9.80 Å². The summed E-state index contributed by atoms with van der Waals surface area (Å²) in [4.78, 5) is 15.7. The van der Waals surface area contributed by atoms with Crippen LogP contribution in [0.1, 0.15) is 16.1 Å². The molecule has 1 aromatic heterocycles. The molecule has 1 saturated heterocycles. The zero-order valence-corrected chi connectivity index (χ0v) is 20.3. The Morgan fingerprint density at radius 3 is 2.28 bits per heavy atom. The molecule has 1 aliphatic rings. The number of nitrogens with zero attached hydrogens (tertiary/aromatic N) is 4. The number of aromatic hydroxyl groups is 1. The predicted octanol–water partition coefficient (Wildman–Crippen LogP) is 4.36. The first kappa shape index (κ1) is 28.0. The molecule has 0 unspecified atom stereocenters. The summed E-state index contributed by atoms with van der Waals surface area (Å²) in [6.07, 6.45) is -9.41. The Hall–Kier alpha value is -4.07. The Bertz CT molecular complexity index is 1290. The molecular formula is C25H23F6N5O3. The van der Waals surface area contributed by atoms with Gasteiger partial charge in [0.25, 0.3) is 5.91 Å². The van der Waals surface area contributed by atoms with Gasteiger partial charge in [0.1, 0.15) is 18.0 Å². The van der Waals surface area contributed by atoms with E-state index < -0.39 is 25.0 Å². The van der Waals surface area contributed by atoms with Crippen LogP contribution in [-0.2, 0) is 6.54 Å². The molecule has 4 rings (SSSR count). The van der Waals surface area contributed by atoms with E-state index in [9.17, 15) is 36.2 Å². The number of halogens is 6. The molecule has 8 nitrogen and oxygen atoms in total. The van der Waals surface area contributed by atoms with Gasteiger partial charge in [-0.1, -0.05) is 12.1 Å². The largest absolute Gasteiger partial charge is 0.573 e. The minimum Gasteiger partial charge on any atom is -0.508 e. The quantitative estimate of drug-likeness (QED) is 0.419. The van der Waals surface area contributed by atoms with Crippen LogP contribution in [0.4, 0.5) is 32.2 Å². The molecule has 0 aliphatic carbocycles. The minimum atomic E-state index is -4.87. The van der Waals surface area contributed by atoms with Crippen LogP contribution in [0.2, 0.25) is 0 Å². The fraction of sp³-hybridized carbons (Fsp3) is 0.320. The number of aromatic nitrogens is 2. The number of carbonyl (C=O) groups is 1. The number of hydrogen-bond acceptors (Lipinski definition) is 7.